The van der Waals surface area contributed by atoms with E-state index in [-0.39, 0.29) is 9.92 Å². The summed E-state index contributed by atoms with van der Waals surface area (Å²) >= 11 is 5.88. The van der Waals surface area contributed by atoms with Crippen molar-refractivity contribution in [3.8, 4) is 0 Å². The molecule has 0 aliphatic heterocycles. The number of benzene rings is 1. The zero-order valence-electron chi connectivity index (χ0n) is 9.74. The normalized spacial score (nSPS) is 11.7. The molecule has 0 radical (unpaired) electrons. The van der Waals surface area contributed by atoms with Crippen LogP contribution in [0.15, 0.2) is 23.1 Å². The van der Waals surface area contributed by atoms with Crippen LogP contribution in [0.2, 0.25) is 5.02 Å². The van der Waals surface area contributed by atoms with Gasteiger partial charge >= 0.3 is 0 Å². The molecule has 1 aromatic rings. The summed E-state index contributed by atoms with van der Waals surface area (Å²) in [5.41, 5.74) is 6.19. The Morgan fingerprint density at radius 2 is 2.06 bits per heavy atom. The molecule has 1 aromatic carbocycles. The molecule has 0 saturated heterocycles. The number of sulfonamides is 1. The molecule has 0 amide bonds. The fourth-order valence-corrected chi connectivity index (χ4v) is 3.03. The summed E-state index contributed by atoms with van der Waals surface area (Å²) in [6.07, 6.45) is 1.52. The van der Waals surface area contributed by atoms with Gasteiger partial charge in [0.2, 0.25) is 10.0 Å². The number of nitrogens with one attached hydrogen (secondary N) is 1. The minimum absolute atomic E-state index is 0.131. The van der Waals surface area contributed by atoms with Crippen molar-refractivity contribution in [3.05, 3.63) is 28.8 Å². The number of rotatable bonds is 6. The van der Waals surface area contributed by atoms with Crippen LogP contribution in [-0.2, 0) is 10.0 Å². The summed E-state index contributed by atoms with van der Waals surface area (Å²) in [6, 6.07) is 4.93. The highest BCUT2D eigenvalue weighted by Crippen LogP contribution is 2.22. The zero-order chi connectivity index (χ0) is 12.9. The molecule has 4 nitrogen and oxygen atoms in total. The number of hydrogen-bond donors (Lipinski definition) is 2. The second-order valence-corrected chi connectivity index (χ2v) is 5.97. The van der Waals surface area contributed by atoms with Gasteiger partial charge in [0.05, 0.1) is 5.02 Å². The summed E-state index contributed by atoms with van der Waals surface area (Å²) in [4.78, 5) is 0.131. The van der Waals surface area contributed by atoms with Gasteiger partial charge in [-0.2, -0.15) is 0 Å². The molecule has 0 aliphatic rings. The molecule has 0 fully saturated rings. The fourth-order valence-electron chi connectivity index (χ4n) is 1.37. The monoisotopic (exact) mass is 276 g/mol. The van der Waals surface area contributed by atoms with Gasteiger partial charge in [0.15, 0.2) is 0 Å². The van der Waals surface area contributed by atoms with Crippen LogP contribution >= 0.6 is 11.6 Å². The van der Waals surface area contributed by atoms with Gasteiger partial charge in [0.25, 0.3) is 0 Å². The van der Waals surface area contributed by atoms with Crippen molar-refractivity contribution in [1.82, 2.24) is 4.72 Å². The molecule has 1 rings (SSSR count). The third kappa shape index (κ3) is 4.27. The third-order valence-corrected chi connectivity index (χ3v) is 4.24. The van der Waals surface area contributed by atoms with Gasteiger partial charge < -0.3 is 5.73 Å². The van der Waals surface area contributed by atoms with Crippen LogP contribution < -0.4 is 10.5 Å². The number of aryl methyl sites for hydroxylation is 1. The van der Waals surface area contributed by atoms with Gasteiger partial charge in [-0.3, -0.25) is 0 Å². The second kappa shape index (κ2) is 6.35. The van der Waals surface area contributed by atoms with Crippen LogP contribution in [0.5, 0.6) is 0 Å². The lowest BCUT2D eigenvalue weighted by Crippen LogP contribution is -2.25. The first kappa shape index (κ1) is 14.4. The van der Waals surface area contributed by atoms with Gasteiger partial charge in [-0.15, -0.1) is 0 Å². The van der Waals surface area contributed by atoms with Crippen molar-refractivity contribution in [2.45, 2.75) is 24.7 Å². The Bertz CT molecular complexity index is 474. The Morgan fingerprint density at radius 3 is 2.71 bits per heavy atom. The summed E-state index contributed by atoms with van der Waals surface area (Å²) in [6.45, 7) is 2.76. The van der Waals surface area contributed by atoms with Crippen molar-refractivity contribution in [3.63, 3.8) is 0 Å². The maximum Gasteiger partial charge on any atom is 0.242 e. The highest BCUT2D eigenvalue weighted by atomic mass is 35.5. The average molecular weight is 277 g/mol. The second-order valence-electron chi connectivity index (χ2n) is 3.83. The lowest BCUT2D eigenvalue weighted by Gasteiger charge is -2.08. The lowest BCUT2D eigenvalue weighted by atomic mass is 10.2. The summed E-state index contributed by atoms with van der Waals surface area (Å²) in [5, 5.41) is 0.238. The Morgan fingerprint density at radius 1 is 1.35 bits per heavy atom. The molecule has 6 heteroatoms. The van der Waals surface area contributed by atoms with E-state index in [2.05, 4.69) is 4.72 Å². The van der Waals surface area contributed by atoms with Crippen LogP contribution in [0, 0.1) is 6.92 Å². The Hall–Kier alpha value is -0.620. The van der Waals surface area contributed by atoms with Crippen molar-refractivity contribution in [1.29, 1.82) is 0 Å². The van der Waals surface area contributed by atoms with E-state index in [4.69, 9.17) is 17.3 Å². The molecule has 3 N–H and O–H groups in total. The first-order valence-corrected chi connectivity index (χ1v) is 7.29. The molecule has 0 heterocycles. The van der Waals surface area contributed by atoms with Crippen LogP contribution in [-0.4, -0.2) is 21.5 Å². The standard InChI is InChI=1S/C11H17ClN2O2S/c1-9-4-5-10(12)11(8-9)17(15,16)14-7-3-2-6-13/h4-5,8,14H,2-3,6-7,13H2,1H3. The van der Waals surface area contributed by atoms with E-state index >= 15 is 0 Å². The zero-order valence-corrected chi connectivity index (χ0v) is 11.3. The molecule has 0 unspecified atom stereocenters. The molecule has 17 heavy (non-hydrogen) atoms. The summed E-state index contributed by atoms with van der Waals surface area (Å²) in [5.74, 6) is 0. The van der Waals surface area contributed by atoms with Crippen molar-refractivity contribution < 1.29 is 8.42 Å². The third-order valence-electron chi connectivity index (χ3n) is 2.30. The van der Waals surface area contributed by atoms with Gasteiger partial charge in [0.1, 0.15) is 4.90 Å². The maximum atomic E-state index is 11.9. The van der Waals surface area contributed by atoms with Gasteiger partial charge in [-0.05, 0) is 44.0 Å². The average Bonchev–Trinajstić information content (AvgIpc) is 2.28. The Kier molecular flexibility index (Phi) is 5.39. The van der Waals surface area contributed by atoms with Crippen molar-refractivity contribution in [2.75, 3.05) is 13.1 Å². The lowest BCUT2D eigenvalue weighted by molar-refractivity contribution is 0.577. The molecule has 0 aromatic heterocycles. The SMILES string of the molecule is Cc1ccc(Cl)c(S(=O)(=O)NCCCCN)c1. The van der Waals surface area contributed by atoms with Gasteiger partial charge in [-0.1, -0.05) is 17.7 Å². The van der Waals surface area contributed by atoms with Crippen molar-refractivity contribution >= 4 is 21.6 Å². The maximum absolute atomic E-state index is 11.9. The first-order chi connectivity index (χ1) is 7.97. The van der Waals surface area contributed by atoms with E-state index in [0.29, 0.717) is 13.1 Å². The van der Waals surface area contributed by atoms with Crippen LogP contribution in [0.3, 0.4) is 0 Å². The number of hydrogen-bond acceptors (Lipinski definition) is 3. The highest BCUT2D eigenvalue weighted by molar-refractivity contribution is 7.89. The number of unbranched alkanes of at least 4 members (excludes halogenated alkanes) is 1. The van der Waals surface area contributed by atoms with E-state index in [1.54, 1.807) is 18.2 Å². The molecular formula is C11H17ClN2O2S. The van der Waals surface area contributed by atoms with E-state index in [9.17, 15) is 8.42 Å². The van der Waals surface area contributed by atoms with Crippen LogP contribution in [0.4, 0.5) is 0 Å². The largest absolute Gasteiger partial charge is 0.330 e. The molecule has 0 aliphatic carbocycles. The minimum Gasteiger partial charge on any atom is -0.330 e. The number of nitrogens with two attached hydrogens (primary N) is 1. The van der Waals surface area contributed by atoms with Crippen molar-refractivity contribution in [2.24, 2.45) is 5.73 Å². The Labute approximate surface area is 107 Å². The topological polar surface area (TPSA) is 72.2 Å². The van der Waals surface area contributed by atoms with E-state index in [1.807, 2.05) is 6.92 Å². The molecule has 0 atom stereocenters. The minimum atomic E-state index is -3.52. The first-order valence-electron chi connectivity index (χ1n) is 5.43. The Balaban J connectivity index is 2.79. The van der Waals surface area contributed by atoms with E-state index in [0.717, 1.165) is 18.4 Å². The fraction of sp³-hybridized carbons (Fsp3) is 0.455. The molecule has 0 spiro atoms. The predicted octanol–water partition coefficient (Wildman–Crippen LogP) is 1.67. The van der Waals surface area contributed by atoms with Crippen LogP contribution in [0.25, 0.3) is 0 Å². The summed E-state index contributed by atoms with van der Waals surface area (Å²) in [7, 11) is -3.52. The molecule has 96 valence electrons. The van der Waals surface area contributed by atoms with Crippen LogP contribution in [0.1, 0.15) is 18.4 Å². The molecular weight excluding hydrogens is 260 g/mol. The molecule has 0 bridgehead atoms. The predicted molar refractivity (Wildman–Crippen MR) is 69.7 cm³/mol. The van der Waals surface area contributed by atoms with E-state index in [1.165, 1.54) is 0 Å². The highest BCUT2D eigenvalue weighted by Gasteiger charge is 2.17. The van der Waals surface area contributed by atoms with Gasteiger partial charge in [0, 0.05) is 6.54 Å². The van der Waals surface area contributed by atoms with E-state index < -0.39 is 10.0 Å². The quantitative estimate of drug-likeness (QED) is 0.776. The smallest absolute Gasteiger partial charge is 0.242 e. The number of halogens is 1. The summed E-state index contributed by atoms with van der Waals surface area (Å²) < 4.78 is 26.4. The molecule has 0 saturated carbocycles. The van der Waals surface area contributed by atoms with Gasteiger partial charge in [-0.25, -0.2) is 13.1 Å².